The standard InChI is InChI=1S/C19H14F2N2O4S/c20-19(21)27-14-7-3-1-5-12(14)22-16(24)11-26-18(25)10-9-17-23-13-6-2-4-8-15(13)28-17/h1-10,19H,11H2,(H,22,24)/b10-9+. The van der Waals surface area contributed by atoms with Crippen molar-refractivity contribution in [3.05, 3.63) is 59.6 Å². The second-order valence-corrected chi connectivity index (χ2v) is 6.45. The van der Waals surface area contributed by atoms with E-state index in [-0.39, 0.29) is 11.4 Å². The molecule has 1 aromatic heterocycles. The third-order valence-electron chi connectivity index (χ3n) is 3.40. The van der Waals surface area contributed by atoms with Crippen LogP contribution in [0.5, 0.6) is 5.75 Å². The van der Waals surface area contributed by atoms with Crippen LogP contribution in [0.25, 0.3) is 16.3 Å². The van der Waals surface area contributed by atoms with Gasteiger partial charge in [0, 0.05) is 6.08 Å². The fourth-order valence-corrected chi connectivity index (χ4v) is 3.11. The number of carbonyl (C=O) groups excluding carboxylic acids is 2. The Morgan fingerprint density at radius 3 is 2.68 bits per heavy atom. The third-order valence-corrected chi connectivity index (χ3v) is 4.40. The first-order chi connectivity index (χ1) is 13.5. The van der Waals surface area contributed by atoms with Crippen LogP contribution >= 0.6 is 11.3 Å². The first kappa shape index (κ1) is 19.4. The summed E-state index contributed by atoms with van der Waals surface area (Å²) in [5.41, 5.74) is 0.874. The van der Waals surface area contributed by atoms with Crippen molar-refractivity contribution in [3.8, 4) is 5.75 Å². The summed E-state index contributed by atoms with van der Waals surface area (Å²) < 4.78 is 34.9. The predicted molar refractivity (Wildman–Crippen MR) is 101 cm³/mol. The molecular weight excluding hydrogens is 390 g/mol. The van der Waals surface area contributed by atoms with Gasteiger partial charge in [0.05, 0.1) is 15.9 Å². The van der Waals surface area contributed by atoms with Crippen molar-refractivity contribution < 1.29 is 27.8 Å². The molecule has 2 aromatic carbocycles. The lowest BCUT2D eigenvalue weighted by molar-refractivity contribution is -0.142. The second kappa shape index (κ2) is 9.05. The highest BCUT2D eigenvalue weighted by molar-refractivity contribution is 7.19. The molecule has 0 bridgehead atoms. The molecule has 0 atom stereocenters. The fraction of sp³-hybridized carbons (Fsp3) is 0.105. The summed E-state index contributed by atoms with van der Waals surface area (Å²) in [6, 6.07) is 13.3. The highest BCUT2D eigenvalue weighted by Gasteiger charge is 2.12. The lowest BCUT2D eigenvalue weighted by atomic mass is 10.3. The quantitative estimate of drug-likeness (QED) is 0.474. The Kier molecular flexibility index (Phi) is 6.28. The van der Waals surface area contributed by atoms with Gasteiger partial charge in [0.15, 0.2) is 6.61 Å². The van der Waals surface area contributed by atoms with E-state index in [0.29, 0.717) is 5.01 Å². The fourth-order valence-electron chi connectivity index (χ4n) is 2.24. The molecule has 1 amide bonds. The van der Waals surface area contributed by atoms with Gasteiger partial charge < -0.3 is 14.8 Å². The van der Waals surface area contributed by atoms with Crippen LogP contribution in [0.4, 0.5) is 14.5 Å². The third kappa shape index (κ3) is 5.34. The molecular formula is C19H14F2N2O4S. The summed E-state index contributed by atoms with van der Waals surface area (Å²) in [6.45, 7) is -3.60. The summed E-state index contributed by atoms with van der Waals surface area (Å²) in [5.74, 6) is -1.61. The Morgan fingerprint density at radius 2 is 1.89 bits per heavy atom. The van der Waals surface area contributed by atoms with E-state index in [1.807, 2.05) is 24.3 Å². The maximum atomic E-state index is 12.4. The lowest BCUT2D eigenvalue weighted by Crippen LogP contribution is -2.20. The number of nitrogens with one attached hydrogen (secondary N) is 1. The highest BCUT2D eigenvalue weighted by Crippen LogP contribution is 2.25. The minimum absolute atomic E-state index is 0.0499. The number of para-hydroxylation sites is 3. The summed E-state index contributed by atoms with van der Waals surface area (Å²) in [4.78, 5) is 28.0. The van der Waals surface area contributed by atoms with E-state index in [9.17, 15) is 18.4 Å². The molecule has 0 aliphatic heterocycles. The summed E-state index contributed by atoms with van der Waals surface area (Å²) in [5, 5.41) is 2.98. The molecule has 1 heterocycles. The molecule has 3 aromatic rings. The number of alkyl halides is 2. The Labute approximate surface area is 162 Å². The smallest absolute Gasteiger partial charge is 0.387 e. The number of halogens is 2. The summed E-state index contributed by atoms with van der Waals surface area (Å²) in [6.07, 6.45) is 2.66. The Hall–Kier alpha value is -3.33. The average Bonchev–Trinajstić information content (AvgIpc) is 3.09. The lowest BCUT2D eigenvalue weighted by Gasteiger charge is -2.11. The predicted octanol–water partition coefficient (Wildman–Crippen LogP) is 4.09. The first-order valence-electron chi connectivity index (χ1n) is 8.05. The van der Waals surface area contributed by atoms with Gasteiger partial charge in [-0.2, -0.15) is 8.78 Å². The van der Waals surface area contributed by atoms with Gasteiger partial charge in [0.1, 0.15) is 10.8 Å². The zero-order valence-electron chi connectivity index (χ0n) is 14.3. The molecule has 28 heavy (non-hydrogen) atoms. The summed E-state index contributed by atoms with van der Waals surface area (Å²) in [7, 11) is 0. The van der Waals surface area contributed by atoms with Gasteiger partial charge in [0.2, 0.25) is 0 Å². The number of rotatable bonds is 7. The minimum Gasteiger partial charge on any atom is -0.452 e. The van der Waals surface area contributed by atoms with Crippen molar-refractivity contribution in [1.82, 2.24) is 4.98 Å². The zero-order chi connectivity index (χ0) is 19.9. The number of amides is 1. The monoisotopic (exact) mass is 404 g/mol. The second-order valence-electron chi connectivity index (χ2n) is 5.38. The van der Waals surface area contributed by atoms with Crippen LogP contribution in [0, 0.1) is 0 Å². The molecule has 0 saturated carbocycles. The van der Waals surface area contributed by atoms with Gasteiger partial charge in [-0.05, 0) is 30.3 Å². The van der Waals surface area contributed by atoms with E-state index >= 15 is 0 Å². The molecule has 0 spiro atoms. The van der Waals surface area contributed by atoms with Gasteiger partial charge in [0.25, 0.3) is 5.91 Å². The van der Waals surface area contributed by atoms with E-state index < -0.39 is 25.1 Å². The number of carbonyl (C=O) groups is 2. The van der Waals surface area contributed by atoms with Crippen LogP contribution in [-0.2, 0) is 14.3 Å². The number of hydrogen-bond donors (Lipinski definition) is 1. The van der Waals surface area contributed by atoms with Gasteiger partial charge in [-0.1, -0.05) is 24.3 Å². The normalized spacial score (nSPS) is 11.1. The van der Waals surface area contributed by atoms with Crippen molar-refractivity contribution in [3.63, 3.8) is 0 Å². The van der Waals surface area contributed by atoms with E-state index in [0.717, 1.165) is 10.2 Å². The van der Waals surface area contributed by atoms with Crippen LogP contribution in [-0.4, -0.2) is 30.1 Å². The van der Waals surface area contributed by atoms with Crippen LogP contribution in [0.3, 0.4) is 0 Å². The molecule has 0 fully saturated rings. The topological polar surface area (TPSA) is 77.5 Å². The van der Waals surface area contributed by atoms with Crippen LogP contribution < -0.4 is 10.1 Å². The van der Waals surface area contributed by atoms with Crippen molar-refractivity contribution in [2.75, 3.05) is 11.9 Å². The first-order valence-corrected chi connectivity index (χ1v) is 8.87. The highest BCUT2D eigenvalue weighted by atomic mass is 32.1. The number of thiazole rings is 1. The molecule has 1 N–H and O–H groups in total. The number of aromatic nitrogens is 1. The number of hydrogen-bond acceptors (Lipinski definition) is 6. The van der Waals surface area contributed by atoms with Gasteiger partial charge in [-0.15, -0.1) is 11.3 Å². The van der Waals surface area contributed by atoms with Crippen molar-refractivity contribution in [1.29, 1.82) is 0 Å². The SMILES string of the molecule is O=C(COC(=O)/C=C/c1nc2ccccc2s1)Nc1ccccc1OC(F)F. The zero-order valence-corrected chi connectivity index (χ0v) is 15.1. The number of ether oxygens (including phenoxy) is 2. The maximum Gasteiger partial charge on any atom is 0.387 e. The Bertz CT molecular complexity index is 987. The number of fused-ring (bicyclic) bond motifs is 1. The van der Waals surface area contributed by atoms with Crippen molar-refractivity contribution in [2.45, 2.75) is 6.61 Å². The number of esters is 1. The molecule has 144 valence electrons. The van der Waals surface area contributed by atoms with Gasteiger partial charge >= 0.3 is 12.6 Å². The van der Waals surface area contributed by atoms with Gasteiger partial charge in [-0.3, -0.25) is 4.79 Å². The molecule has 0 unspecified atom stereocenters. The van der Waals surface area contributed by atoms with E-state index in [1.165, 1.54) is 41.7 Å². The molecule has 9 heteroatoms. The number of benzene rings is 2. The number of nitrogens with zero attached hydrogens (tertiary/aromatic N) is 1. The summed E-state index contributed by atoms with van der Waals surface area (Å²) >= 11 is 1.41. The Morgan fingerprint density at radius 1 is 1.14 bits per heavy atom. The van der Waals surface area contributed by atoms with Gasteiger partial charge in [-0.25, -0.2) is 9.78 Å². The molecule has 0 aliphatic rings. The minimum atomic E-state index is -3.02. The van der Waals surface area contributed by atoms with Crippen LogP contribution in [0.2, 0.25) is 0 Å². The number of anilines is 1. The maximum absolute atomic E-state index is 12.4. The van der Waals surface area contributed by atoms with Crippen molar-refractivity contribution in [2.24, 2.45) is 0 Å². The molecule has 3 rings (SSSR count). The van der Waals surface area contributed by atoms with E-state index in [4.69, 9.17) is 4.74 Å². The molecule has 0 radical (unpaired) electrons. The molecule has 0 aliphatic carbocycles. The molecule has 0 saturated heterocycles. The van der Waals surface area contributed by atoms with Crippen LogP contribution in [0.1, 0.15) is 5.01 Å². The van der Waals surface area contributed by atoms with Crippen molar-refractivity contribution >= 4 is 45.2 Å². The largest absolute Gasteiger partial charge is 0.452 e. The van der Waals surface area contributed by atoms with E-state index in [2.05, 4.69) is 15.0 Å². The van der Waals surface area contributed by atoms with Crippen LogP contribution in [0.15, 0.2) is 54.6 Å². The average molecular weight is 404 g/mol. The molecule has 6 nitrogen and oxygen atoms in total. The Balaban J connectivity index is 1.52. The van der Waals surface area contributed by atoms with E-state index in [1.54, 1.807) is 6.07 Å².